The minimum Gasteiger partial charge on any atom is -0.494 e. The smallest absolute Gasteiger partial charge is 0.262 e. The van der Waals surface area contributed by atoms with Crippen molar-refractivity contribution in [1.29, 1.82) is 0 Å². The van der Waals surface area contributed by atoms with Gasteiger partial charge in [-0.05, 0) is 51.1 Å². The Kier molecular flexibility index (Phi) is 8.21. The number of hydrogen-bond donors (Lipinski definition) is 3. The number of ether oxygens (including phenoxy) is 1. The van der Waals surface area contributed by atoms with Crippen molar-refractivity contribution in [2.45, 2.75) is 44.4 Å². The Morgan fingerprint density at radius 1 is 1.14 bits per heavy atom. The van der Waals surface area contributed by atoms with Gasteiger partial charge < -0.3 is 20.4 Å². The summed E-state index contributed by atoms with van der Waals surface area (Å²) in [5.41, 5.74) is 0.595. The lowest BCUT2D eigenvalue weighted by Gasteiger charge is -2.25. The van der Waals surface area contributed by atoms with Crippen LogP contribution in [0.25, 0.3) is 0 Å². The molecule has 0 radical (unpaired) electrons. The third-order valence-corrected chi connectivity index (χ3v) is 5.11. The zero-order valence-electron chi connectivity index (χ0n) is 16.0. The molecule has 1 fully saturated rings. The number of carbonyl (C=O) groups is 2. The summed E-state index contributed by atoms with van der Waals surface area (Å²) < 4.78 is 5.73. The van der Waals surface area contributed by atoms with Gasteiger partial charge in [0.2, 0.25) is 0 Å². The fourth-order valence-corrected chi connectivity index (χ4v) is 3.58. The van der Waals surface area contributed by atoms with E-state index >= 15 is 0 Å². The molecule has 1 aromatic rings. The van der Waals surface area contributed by atoms with E-state index in [1.165, 1.54) is 0 Å². The average Bonchev–Trinajstić information content (AvgIpc) is 3.11. The Morgan fingerprint density at radius 3 is 2.54 bits per heavy atom. The lowest BCUT2D eigenvalue weighted by atomic mass is 10.1. The van der Waals surface area contributed by atoms with Gasteiger partial charge >= 0.3 is 0 Å². The Morgan fingerprint density at radius 2 is 1.86 bits per heavy atom. The fraction of sp³-hybridized carbons (Fsp3) is 0.579. The van der Waals surface area contributed by atoms with Crippen LogP contribution in [0.5, 0.6) is 5.75 Å². The van der Waals surface area contributed by atoms with Crippen LogP contribution in [0.4, 0.5) is 0 Å². The molecule has 0 spiro atoms. The first kappa shape index (κ1) is 22.6. The number of imide groups is 1. The van der Waals surface area contributed by atoms with Crippen molar-refractivity contribution < 1.29 is 24.6 Å². The molecule has 28 heavy (non-hydrogen) atoms. The number of fused-ring (bicyclic) bond motifs is 1. The molecule has 0 aromatic heterocycles. The van der Waals surface area contributed by atoms with Gasteiger partial charge in [0.1, 0.15) is 12.0 Å². The van der Waals surface area contributed by atoms with Gasteiger partial charge in [-0.1, -0.05) is 12.8 Å². The van der Waals surface area contributed by atoms with Gasteiger partial charge in [0, 0.05) is 6.54 Å². The van der Waals surface area contributed by atoms with Crippen LogP contribution in [0.3, 0.4) is 0 Å². The first-order valence-corrected chi connectivity index (χ1v) is 9.47. The first-order chi connectivity index (χ1) is 13.0. The van der Waals surface area contributed by atoms with Crippen LogP contribution >= 0.6 is 12.4 Å². The van der Waals surface area contributed by atoms with E-state index in [-0.39, 0.29) is 24.5 Å². The van der Waals surface area contributed by atoms with Crippen molar-refractivity contribution in [1.82, 2.24) is 15.3 Å². The molecule has 3 N–H and O–H groups in total. The highest BCUT2D eigenvalue weighted by atomic mass is 35.5. The van der Waals surface area contributed by atoms with E-state index in [0.717, 1.165) is 42.2 Å². The average molecular weight is 414 g/mol. The van der Waals surface area contributed by atoms with Crippen LogP contribution in [0.2, 0.25) is 0 Å². The molecule has 2 aliphatic heterocycles. The molecule has 1 aromatic carbocycles. The predicted octanol–water partition coefficient (Wildman–Crippen LogP) is 1.64. The lowest BCUT2D eigenvalue weighted by molar-refractivity contribution is -0.179. The number of amides is 2. The summed E-state index contributed by atoms with van der Waals surface area (Å²) in [6.45, 7) is 1.79. The predicted molar refractivity (Wildman–Crippen MR) is 105 cm³/mol. The number of hydroxylamine groups is 2. The zero-order valence-corrected chi connectivity index (χ0v) is 16.8. The molecule has 2 aliphatic rings. The summed E-state index contributed by atoms with van der Waals surface area (Å²) in [5.74, 6) is -0.333. The molecule has 0 aliphatic carbocycles. The second kappa shape index (κ2) is 10.2. The summed E-state index contributed by atoms with van der Waals surface area (Å²) in [7, 11) is 1.94. The lowest BCUT2D eigenvalue weighted by Crippen LogP contribution is -2.47. The van der Waals surface area contributed by atoms with Crippen molar-refractivity contribution in [3.8, 4) is 5.75 Å². The molecule has 2 heterocycles. The van der Waals surface area contributed by atoms with Gasteiger partial charge in [0.25, 0.3) is 11.8 Å². The van der Waals surface area contributed by atoms with E-state index in [2.05, 4.69) is 5.32 Å². The maximum absolute atomic E-state index is 12.7. The van der Waals surface area contributed by atoms with Crippen molar-refractivity contribution >= 4 is 24.2 Å². The minimum absolute atomic E-state index is 0. The van der Waals surface area contributed by atoms with Crippen molar-refractivity contribution in [2.24, 2.45) is 0 Å². The quantitative estimate of drug-likeness (QED) is 0.417. The molecule has 3 rings (SSSR count). The fourth-order valence-electron chi connectivity index (χ4n) is 3.58. The molecule has 1 saturated heterocycles. The number of hydrogen-bond acceptors (Lipinski definition) is 7. The highest BCUT2D eigenvalue weighted by Gasteiger charge is 2.46. The second-order valence-electron chi connectivity index (χ2n) is 6.99. The van der Waals surface area contributed by atoms with Gasteiger partial charge in [0.15, 0.2) is 0 Å². The number of benzene rings is 1. The van der Waals surface area contributed by atoms with Gasteiger partial charge in [-0.2, -0.15) is 5.06 Å². The molecule has 9 heteroatoms. The maximum Gasteiger partial charge on any atom is 0.262 e. The summed E-state index contributed by atoms with van der Waals surface area (Å²) in [4.78, 5) is 26.4. The van der Waals surface area contributed by atoms with E-state index in [1.807, 2.05) is 7.05 Å². The number of aliphatic hydroxyl groups is 1. The zero-order chi connectivity index (χ0) is 19.4. The van der Waals surface area contributed by atoms with Gasteiger partial charge in [-0.25, -0.2) is 0 Å². The topological polar surface area (TPSA) is 102 Å². The molecular formula is C19H28ClN3O5. The number of aliphatic hydroxyl groups excluding tert-OH is 1. The Labute approximate surface area is 170 Å². The minimum atomic E-state index is -1.26. The number of carbonyl (C=O) groups excluding carboxylic acids is 2. The summed E-state index contributed by atoms with van der Waals surface area (Å²) in [5, 5.41) is 23.4. The van der Waals surface area contributed by atoms with Crippen molar-refractivity contribution in [3.63, 3.8) is 0 Å². The summed E-state index contributed by atoms with van der Waals surface area (Å²) >= 11 is 0. The van der Waals surface area contributed by atoms with E-state index in [4.69, 9.17) is 4.74 Å². The molecule has 2 amide bonds. The summed E-state index contributed by atoms with van der Waals surface area (Å²) in [6.07, 6.45) is 3.36. The maximum atomic E-state index is 12.7. The van der Waals surface area contributed by atoms with E-state index in [1.54, 1.807) is 18.2 Å². The van der Waals surface area contributed by atoms with Crippen molar-refractivity contribution in [3.05, 3.63) is 29.3 Å². The third kappa shape index (κ3) is 4.64. The van der Waals surface area contributed by atoms with E-state index in [0.29, 0.717) is 24.3 Å². The SMILES string of the molecule is CNCCCCCCOc1ccc2c(c1)C(=O)N(C1CCN(O)C1O)C2=O.Cl. The molecule has 8 nitrogen and oxygen atoms in total. The molecule has 0 bridgehead atoms. The monoisotopic (exact) mass is 413 g/mol. The normalized spacial score (nSPS) is 21.8. The number of unbranched alkanes of at least 4 members (excludes halogenated alkanes) is 3. The Balaban J connectivity index is 0.00000280. The van der Waals surface area contributed by atoms with E-state index < -0.39 is 24.1 Å². The number of nitrogens with zero attached hydrogens (tertiary/aromatic N) is 2. The second-order valence-corrected chi connectivity index (χ2v) is 6.99. The van der Waals surface area contributed by atoms with E-state index in [9.17, 15) is 19.9 Å². The highest BCUT2D eigenvalue weighted by molar-refractivity contribution is 6.21. The first-order valence-electron chi connectivity index (χ1n) is 9.47. The Hall–Kier alpha value is -1.71. The highest BCUT2D eigenvalue weighted by Crippen LogP contribution is 2.32. The largest absolute Gasteiger partial charge is 0.494 e. The standard InChI is InChI=1S/C19H27N3O5.ClH/c1-20-9-4-2-3-5-11-27-13-6-7-14-15(12-13)18(24)22(17(14)23)16-8-10-21(26)19(16)25;/h6-7,12,16,19-20,25-26H,2-5,8-11H2,1H3;1H. The van der Waals surface area contributed by atoms with Crippen LogP contribution in [0.1, 0.15) is 52.8 Å². The van der Waals surface area contributed by atoms with Crippen LogP contribution < -0.4 is 10.1 Å². The summed E-state index contributed by atoms with van der Waals surface area (Å²) in [6, 6.07) is 4.13. The number of halogens is 1. The van der Waals surface area contributed by atoms with Crippen molar-refractivity contribution in [2.75, 3.05) is 26.7 Å². The van der Waals surface area contributed by atoms with Gasteiger partial charge in [-0.3, -0.25) is 14.5 Å². The van der Waals surface area contributed by atoms with Crippen LogP contribution in [0.15, 0.2) is 18.2 Å². The number of rotatable bonds is 9. The molecule has 2 atom stereocenters. The molecular weight excluding hydrogens is 386 g/mol. The molecule has 156 valence electrons. The van der Waals surface area contributed by atoms with Crippen LogP contribution in [-0.4, -0.2) is 71.1 Å². The number of nitrogens with one attached hydrogen (secondary N) is 1. The van der Waals surface area contributed by atoms with Gasteiger partial charge in [0.05, 0.1) is 23.8 Å². The Bertz CT molecular complexity index is 702. The molecule has 2 unspecified atom stereocenters. The van der Waals surface area contributed by atoms with Crippen LogP contribution in [-0.2, 0) is 0 Å². The van der Waals surface area contributed by atoms with Gasteiger partial charge in [-0.15, -0.1) is 12.4 Å². The molecule has 0 saturated carbocycles. The van der Waals surface area contributed by atoms with Crippen LogP contribution in [0, 0.1) is 0 Å². The third-order valence-electron chi connectivity index (χ3n) is 5.11.